The lowest BCUT2D eigenvalue weighted by atomic mass is 10.1. The zero-order chi connectivity index (χ0) is 13.0. The highest BCUT2D eigenvalue weighted by Crippen LogP contribution is 2.30. The quantitative estimate of drug-likeness (QED) is 0.780. The predicted octanol–water partition coefficient (Wildman–Crippen LogP) is 3.83. The van der Waals surface area contributed by atoms with Crippen LogP contribution in [0.5, 0.6) is 0 Å². The van der Waals surface area contributed by atoms with E-state index in [0.29, 0.717) is 11.1 Å². The zero-order valence-electron chi connectivity index (χ0n) is 9.88. The number of nitrogens with zero attached hydrogens (tertiary/aromatic N) is 1. The van der Waals surface area contributed by atoms with Crippen molar-refractivity contribution in [2.75, 3.05) is 0 Å². The smallest absolute Gasteiger partial charge is 0.150 e. The summed E-state index contributed by atoms with van der Waals surface area (Å²) in [6, 6.07) is 15.4. The fraction of sp³-hybridized carbons (Fsp3) is 0.0667. The van der Waals surface area contributed by atoms with Crippen LogP contribution in [-0.4, -0.2) is 6.29 Å². The molecule has 0 saturated carbocycles. The monoisotopic (exact) mass is 253 g/mol. The van der Waals surface area contributed by atoms with E-state index in [4.69, 9.17) is 5.26 Å². The summed E-state index contributed by atoms with van der Waals surface area (Å²) in [4.78, 5) is 12.6. The maximum absolute atomic E-state index is 10.7. The minimum atomic E-state index is 0.528. The number of carbonyl (C=O) groups is 1. The van der Waals surface area contributed by atoms with Gasteiger partial charge in [0.2, 0.25) is 0 Å². The molecule has 0 fully saturated rings. The Morgan fingerprint density at radius 2 is 2.06 bits per heavy atom. The molecule has 0 amide bonds. The summed E-state index contributed by atoms with van der Waals surface area (Å²) >= 11 is 1.53. The van der Waals surface area contributed by atoms with E-state index in [1.54, 1.807) is 12.1 Å². The molecule has 0 unspecified atom stereocenters. The van der Waals surface area contributed by atoms with Crippen molar-refractivity contribution in [1.29, 1.82) is 5.26 Å². The van der Waals surface area contributed by atoms with E-state index in [1.807, 2.05) is 31.2 Å². The van der Waals surface area contributed by atoms with Crippen molar-refractivity contribution >= 4 is 18.0 Å². The van der Waals surface area contributed by atoms with Gasteiger partial charge in [-0.15, -0.1) is 0 Å². The van der Waals surface area contributed by atoms with Crippen LogP contribution >= 0.6 is 11.8 Å². The summed E-state index contributed by atoms with van der Waals surface area (Å²) in [5.41, 5.74) is 2.24. The van der Waals surface area contributed by atoms with E-state index in [9.17, 15) is 4.79 Å². The number of hydrogen-bond donors (Lipinski definition) is 0. The van der Waals surface area contributed by atoms with Gasteiger partial charge < -0.3 is 0 Å². The van der Waals surface area contributed by atoms with Crippen LogP contribution < -0.4 is 0 Å². The van der Waals surface area contributed by atoms with Crippen LogP contribution in [0.3, 0.4) is 0 Å². The van der Waals surface area contributed by atoms with Gasteiger partial charge in [0.05, 0.1) is 5.56 Å². The summed E-state index contributed by atoms with van der Waals surface area (Å²) in [5.74, 6) is 0. The van der Waals surface area contributed by atoms with Gasteiger partial charge in [-0.3, -0.25) is 4.79 Å². The first-order valence-corrected chi connectivity index (χ1v) is 6.28. The number of aryl methyl sites for hydroxylation is 1. The zero-order valence-corrected chi connectivity index (χ0v) is 10.7. The van der Waals surface area contributed by atoms with Crippen LogP contribution in [0.1, 0.15) is 21.5 Å². The van der Waals surface area contributed by atoms with E-state index >= 15 is 0 Å². The molecule has 0 radical (unpaired) electrons. The first-order chi connectivity index (χ1) is 8.72. The predicted molar refractivity (Wildman–Crippen MR) is 71.8 cm³/mol. The minimum absolute atomic E-state index is 0.528. The molecule has 0 aliphatic rings. The van der Waals surface area contributed by atoms with Crippen molar-refractivity contribution in [3.63, 3.8) is 0 Å². The van der Waals surface area contributed by atoms with Crippen LogP contribution in [0.2, 0.25) is 0 Å². The maximum atomic E-state index is 10.7. The van der Waals surface area contributed by atoms with Gasteiger partial charge in [0.1, 0.15) is 12.4 Å². The van der Waals surface area contributed by atoms with Crippen LogP contribution in [0.4, 0.5) is 0 Å². The molecule has 2 rings (SSSR count). The number of aldehydes is 1. The summed E-state index contributed by atoms with van der Waals surface area (Å²) in [7, 11) is 0. The number of rotatable bonds is 3. The SMILES string of the molecule is Cc1cccc(Sc2ccc(C=O)cc2C#N)c1. The molecule has 18 heavy (non-hydrogen) atoms. The van der Waals surface area contributed by atoms with Gasteiger partial charge in [-0.1, -0.05) is 35.5 Å². The maximum Gasteiger partial charge on any atom is 0.150 e. The Labute approximate surface area is 110 Å². The van der Waals surface area contributed by atoms with E-state index < -0.39 is 0 Å². The topological polar surface area (TPSA) is 40.9 Å². The average molecular weight is 253 g/mol. The number of carbonyl (C=O) groups excluding carboxylic acids is 1. The van der Waals surface area contributed by atoms with E-state index in [1.165, 1.54) is 17.3 Å². The molecule has 3 heteroatoms. The molecule has 0 heterocycles. The summed E-state index contributed by atoms with van der Waals surface area (Å²) in [6.45, 7) is 2.03. The van der Waals surface area contributed by atoms with Gasteiger partial charge in [0.15, 0.2) is 0 Å². The summed E-state index contributed by atoms with van der Waals surface area (Å²) in [6.07, 6.45) is 0.752. The molecule has 0 saturated heterocycles. The normalized spacial score (nSPS) is 9.78. The van der Waals surface area contributed by atoms with Gasteiger partial charge in [-0.2, -0.15) is 5.26 Å². The van der Waals surface area contributed by atoms with Crippen molar-refractivity contribution in [2.45, 2.75) is 16.7 Å². The Morgan fingerprint density at radius 1 is 1.22 bits per heavy atom. The van der Waals surface area contributed by atoms with Gasteiger partial charge in [-0.25, -0.2) is 0 Å². The molecule has 0 aliphatic carbocycles. The van der Waals surface area contributed by atoms with E-state index in [0.717, 1.165) is 16.1 Å². The molecule has 0 aliphatic heterocycles. The second-order valence-electron chi connectivity index (χ2n) is 3.90. The van der Waals surface area contributed by atoms with Crippen molar-refractivity contribution in [1.82, 2.24) is 0 Å². The Kier molecular flexibility index (Phi) is 3.81. The van der Waals surface area contributed by atoms with E-state index in [-0.39, 0.29) is 0 Å². The molecule has 2 aromatic rings. The molecule has 0 atom stereocenters. The van der Waals surface area contributed by atoms with Crippen molar-refractivity contribution in [3.05, 3.63) is 59.2 Å². The van der Waals surface area contributed by atoms with Gasteiger partial charge >= 0.3 is 0 Å². The van der Waals surface area contributed by atoms with Crippen molar-refractivity contribution < 1.29 is 4.79 Å². The molecule has 0 spiro atoms. The molecular weight excluding hydrogens is 242 g/mol. The lowest BCUT2D eigenvalue weighted by molar-refractivity contribution is 0.112. The highest BCUT2D eigenvalue weighted by molar-refractivity contribution is 7.99. The second kappa shape index (κ2) is 5.52. The lowest BCUT2D eigenvalue weighted by Gasteiger charge is -2.05. The largest absolute Gasteiger partial charge is 0.298 e. The van der Waals surface area contributed by atoms with Crippen molar-refractivity contribution in [2.24, 2.45) is 0 Å². The molecular formula is C15H11NOS. The Balaban J connectivity index is 2.35. The molecule has 0 N–H and O–H groups in total. The summed E-state index contributed by atoms with van der Waals surface area (Å²) in [5, 5.41) is 9.09. The second-order valence-corrected chi connectivity index (χ2v) is 5.02. The van der Waals surface area contributed by atoms with E-state index in [2.05, 4.69) is 12.1 Å². The molecule has 0 aromatic heterocycles. The van der Waals surface area contributed by atoms with Crippen molar-refractivity contribution in [3.8, 4) is 6.07 Å². The third kappa shape index (κ3) is 2.79. The molecule has 0 bridgehead atoms. The molecule has 2 aromatic carbocycles. The molecule has 2 nitrogen and oxygen atoms in total. The number of hydrogen-bond acceptors (Lipinski definition) is 3. The highest BCUT2D eigenvalue weighted by atomic mass is 32.2. The fourth-order valence-corrected chi connectivity index (χ4v) is 2.60. The highest BCUT2D eigenvalue weighted by Gasteiger charge is 2.05. The number of benzene rings is 2. The third-order valence-electron chi connectivity index (χ3n) is 2.48. The first-order valence-electron chi connectivity index (χ1n) is 5.47. The lowest BCUT2D eigenvalue weighted by Crippen LogP contribution is -1.86. The van der Waals surface area contributed by atoms with Gasteiger partial charge in [0.25, 0.3) is 0 Å². The van der Waals surface area contributed by atoms with Crippen LogP contribution in [0.25, 0.3) is 0 Å². The average Bonchev–Trinajstić information content (AvgIpc) is 2.39. The first kappa shape index (κ1) is 12.4. The van der Waals surface area contributed by atoms with Crippen LogP contribution in [0.15, 0.2) is 52.3 Å². The van der Waals surface area contributed by atoms with Crippen LogP contribution in [-0.2, 0) is 0 Å². The summed E-state index contributed by atoms with van der Waals surface area (Å²) < 4.78 is 0. The standard InChI is InChI=1S/C15H11NOS/c1-11-3-2-4-14(7-11)18-15-6-5-12(10-17)8-13(15)9-16/h2-8,10H,1H3. The Morgan fingerprint density at radius 3 is 2.72 bits per heavy atom. The van der Waals surface area contributed by atoms with Crippen LogP contribution in [0, 0.1) is 18.3 Å². The number of nitriles is 1. The fourth-order valence-electron chi connectivity index (χ4n) is 1.60. The third-order valence-corrected chi connectivity index (χ3v) is 3.54. The Bertz CT molecular complexity index is 629. The van der Waals surface area contributed by atoms with Gasteiger partial charge in [-0.05, 0) is 31.2 Å². The Hall–Kier alpha value is -2.05. The molecule has 88 valence electrons. The minimum Gasteiger partial charge on any atom is -0.298 e. The van der Waals surface area contributed by atoms with Gasteiger partial charge in [0, 0.05) is 15.4 Å².